The van der Waals surface area contributed by atoms with Gasteiger partial charge in [-0.25, -0.2) is 13.1 Å². The van der Waals surface area contributed by atoms with E-state index in [1.165, 1.54) is 19.3 Å². The summed E-state index contributed by atoms with van der Waals surface area (Å²) in [6.07, 6.45) is 6.78. The number of hydrogen-bond acceptors (Lipinski definition) is 3. The Morgan fingerprint density at radius 1 is 0.969 bits per heavy atom. The van der Waals surface area contributed by atoms with Gasteiger partial charge in [0.15, 0.2) is 5.11 Å². The van der Waals surface area contributed by atoms with E-state index in [4.69, 9.17) is 23.8 Å². The lowest BCUT2D eigenvalue weighted by molar-refractivity contribution is -0.00810. The third kappa shape index (κ3) is 4.71. The van der Waals surface area contributed by atoms with Crippen molar-refractivity contribution in [2.24, 2.45) is 17.8 Å². The smallest absolute Gasteiger partial charge is 0.241 e. The Balaban J connectivity index is 1.24. The van der Waals surface area contributed by atoms with Gasteiger partial charge in [0.05, 0.1) is 15.6 Å². The van der Waals surface area contributed by atoms with E-state index in [-0.39, 0.29) is 10.4 Å². The van der Waals surface area contributed by atoms with E-state index in [1.54, 1.807) is 30.3 Å². The number of sulfonamides is 1. The van der Waals surface area contributed by atoms with Gasteiger partial charge in [-0.05, 0) is 111 Å². The van der Waals surface area contributed by atoms with Gasteiger partial charge in [0.25, 0.3) is 0 Å². The molecule has 170 valence electrons. The number of anilines is 2. The van der Waals surface area contributed by atoms with E-state index < -0.39 is 10.0 Å². The van der Waals surface area contributed by atoms with E-state index in [1.807, 2.05) is 12.1 Å². The van der Waals surface area contributed by atoms with Crippen molar-refractivity contribution < 1.29 is 8.42 Å². The van der Waals surface area contributed by atoms with Crippen LogP contribution in [0, 0.1) is 17.8 Å². The van der Waals surface area contributed by atoms with Crippen molar-refractivity contribution in [2.45, 2.75) is 49.0 Å². The minimum Gasteiger partial charge on any atom is -0.332 e. The molecule has 4 bridgehead atoms. The Kier molecular flexibility index (Phi) is 6.03. The molecule has 5 nitrogen and oxygen atoms in total. The summed E-state index contributed by atoms with van der Waals surface area (Å²) in [5, 5.41) is 7.04. The lowest BCUT2D eigenvalue weighted by Crippen LogP contribution is -2.59. The molecule has 6 rings (SSSR count). The molecule has 0 atom stereocenters. The largest absolute Gasteiger partial charge is 0.332 e. The minimum absolute atomic E-state index is 0.250. The maximum atomic E-state index is 13.2. The molecule has 0 radical (unpaired) electrons. The van der Waals surface area contributed by atoms with Gasteiger partial charge < -0.3 is 10.6 Å². The fourth-order valence-corrected chi connectivity index (χ4v) is 8.55. The second kappa shape index (κ2) is 8.55. The van der Waals surface area contributed by atoms with E-state index >= 15 is 0 Å². The summed E-state index contributed by atoms with van der Waals surface area (Å²) < 4.78 is 30.3. The van der Waals surface area contributed by atoms with Gasteiger partial charge in [-0.15, -0.1) is 0 Å². The van der Waals surface area contributed by atoms with Crippen molar-refractivity contribution in [3.05, 3.63) is 52.0 Å². The maximum Gasteiger partial charge on any atom is 0.241 e. The number of thiocarbonyl (C=S) groups is 1. The average Bonchev–Trinajstić information content (AvgIpc) is 2.69. The molecule has 9 heteroatoms. The van der Waals surface area contributed by atoms with Crippen LogP contribution in [-0.4, -0.2) is 19.1 Å². The lowest BCUT2D eigenvalue weighted by atomic mass is 9.53. The fraction of sp³-hybridized carbons (Fsp3) is 0.435. The molecular weight excluding hydrogens is 530 g/mol. The number of nitrogens with one attached hydrogen (secondary N) is 3. The van der Waals surface area contributed by atoms with Crippen LogP contribution in [0.25, 0.3) is 0 Å². The van der Waals surface area contributed by atoms with Gasteiger partial charge in [0.1, 0.15) is 0 Å². The maximum absolute atomic E-state index is 13.2. The summed E-state index contributed by atoms with van der Waals surface area (Å²) in [5.41, 5.74) is 1.13. The van der Waals surface area contributed by atoms with Crippen molar-refractivity contribution in [3.63, 3.8) is 0 Å². The van der Waals surface area contributed by atoms with Crippen LogP contribution in [0.4, 0.5) is 11.4 Å². The summed E-state index contributed by atoms with van der Waals surface area (Å²) in [6.45, 7) is 0. The highest BCUT2D eigenvalue weighted by Gasteiger charge is 2.52. The van der Waals surface area contributed by atoms with E-state index in [0.29, 0.717) is 39.3 Å². The molecule has 2 aromatic carbocycles. The Morgan fingerprint density at radius 2 is 1.56 bits per heavy atom. The molecule has 4 fully saturated rings. The summed E-state index contributed by atoms with van der Waals surface area (Å²) in [6, 6.07) is 12.2. The SMILES string of the molecule is O=S(=O)(NC12CC3CC(CC(C3)C1)C2)c1ccc(NC(=S)Nc2ccc(Br)cc2Cl)cc1. The summed E-state index contributed by atoms with van der Waals surface area (Å²) in [7, 11) is -3.57. The Bertz CT molecular complexity index is 1120. The third-order valence-electron chi connectivity index (χ3n) is 6.99. The molecule has 0 spiro atoms. The topological polar surface area (TPSA) is 70.2 Å². The quantitative estimate of drug-likeness (QED) is 0.386. The molecular formula is C23H25BrClN3O2S2. The van der Waals surface area contributed by atoms with Crippen LogP contribution in [0.3, 0.4) is 0 Å². The van der Waals surface area contributed by atoms with Crippen LogP contribution in [0.5, 0.6) is 0 Å². The molecule has 3 N–H and O–H groups in total. The first-order chi connectivity index (χ1) is 15.2. The molecule has 0 saturated heterocycles. The van der Waals surface area contributed by atoms with Crippen molar-refractivity contribution >= 4 is 66.3 Å². The standard InChI is InChI=1S/C23H25BrClN3O2S2/c24-17-1-6-21(20(25)10-17)27-22(31)26-18-2-4-19(5-3-18)32(29,30)28-23-11-14-7-15(12-23)9-16(8-14)13-23/h1-6,10,14-16,28H,7-9,11-13H2,(H2,26,27,31). The van der Waals surface area contributed by atoms with Gasteiger partial charge in [-0.1, -0.05) is 27.5 Å². The highest BCUT2D eigenvalue weighted by molar-refractivity contribution is 9.10. The van der Waals surface area contributed by atoms with Crippen LogP contribution in [0.15, 0.2) is 51.8 Å². The molecule has 0 heterocycles. The Morgan fingerprint density at radius 3 is 2.12 bits per heavy atom. The Hall–Kier alpha value is -1.19. The van der Waals surface area contributed by atoms with Gasteiger partial charge in [0.2, 0.25) is 10.0 Å². The van der Waals surface area contributed by atoms with Crippen LogP contribution < -0.4 is 15.4 Å². The predicted molar refractivity (Wildman–Crippen MR) is 137 cm³/mol. The monoisotopic (exact) mass is 553 g/mol. The second-order valence-corrected chi connectivity index (χ2v) is 12.9. The third-order valence-corrected chi connectivity index (χ3v) is 9.60. The van der Waals surface area contributed by atoms with E-state index in [9.17, 15) is 8.42 Å². The van der Waals surface area contributed by atoms with Gasteiger partial charge in [-0.2, -0.15) is 0 Å². The zero-order valence-electron chi connectivity index (χ0n) is 17.4. The van der Waals surface area contributed by atoms with Crippen molar-refractivity contribution in [1.29, 1.82) is 0 Å². The number of rotatable bonds is 5. The van der Waals surface area contributed by atoms with Crippen LogP contribution in [0.1, 0.15) is 38.5 Å². The van der Waals surface area contributed by atoms with Crippen molar-refractivity contribution in [3.8, 4) is 0 Å². The molecule has 0 amide bonds. The highest BCUT2D eigenvalue weighted by Crippen LogP contribution is 2.56. The average molecular weight is 555 g/mol. The summed E-state index contributed by atoms with van der Waals surface area (Å²) >= 11 is 15.0. The number of hydrogen-bond donors (Lipinski definition) is 3. The zero-order chi connectivity index (χ0) is 22.5. The first-order valence-corrected chi connectivity index (χ1v) is 13.9. The summed E-state index contributed by atoms with van der Waals surface area (Å²) in [4.78, 5) is 0.286. The van der Waals surface area contributed by atoms with E-state index in [2.05, 4.69) is 31.3 Å². The minimum atomic E-state index is -3.57. The highest BCUT2D eigenvalue weighted by atomic mass is 79.9. The van der Waals surface area contributed by atoms with Crippen LogP contribution in [-0.2, 0) is 10.0 Å². The Labute approximate surface area is 207 Å². The number of halogens is 2. The summed E-state index contributed by atoms with van der Waals surface area (Å²) in [5.74, 6) is 2.05. The molecule has 2 aromatic rings. The second-order valence-electron chi connectivity index (χ2n) is 9.53. The van der Waals surface area contributed by atoms with Crippen molar-refractivity contribution in [2.75, 3.05) is 10.6 Å². The molecule has 4 aliphatic carbocycles. The molecule has 0 aromatic heterocycles. The predicted octanol–water partition coefficient (Wildman–Crippen LogP) is 6.16. The first-order valence-electron chi connectivity index (χ1n) is 10.9. The van der Waals surface area contributed by atoms with Crippen LogP contribution in [0.2, 0.25) is 5.02 Å². The van der Waals surface area contributed by atoms with E-state index in [0.717, 1.165) is 23.7 Å². The first kappa shape index (κ1) is 22.6. The number of benzene rings is 2. The molecule has 0 unspecified atom stereocenters. The normalized spacial score (nSPS) is 28.5. The van der Waals surface area contributed by atoms with Crippen molar-refractivity contribution in [1.82, 2.24) is 4.72 Å². The van der Waals surface area contributed by atoms with Crippen LogP contribution >= 0.6 is 39.7 Å². The fourth-order valence-electron chi connectivity index (χ4n) is 6.17. The molecule has 32 heavy (non-hydrogen) atoms. The molecule has 0 aliphatic heterocycles. The lowest BCUT2D eigenvalue weighted by Gasteiger charge is -2.56. The molecule has 4 aliphatic rings. The van der Waals surface area contributed by atoms with Gasteiger partial charge in [0, 0.05) is 15.7 Å². The zero-order valence-corrected chi connectivity index (χ0v) is 21.4. The van der Waals surface area contributed by atoms with Gasteiger partial charge >= 0.3 is 0 Å². The molecule has 4 saturated carbocycles. The van der Waals surface area contributed by atoms with Gasteiger partial charge in [-0.3, -0.25) is 0 Å².